The summed E-state index contributed by atoms with van der Waals surface area (Å²) in [6, 6.07) is 8.14. The number of benzene rings is 1. The number of hydrogen-bond acceptors (Lipinski definition) is 2. The molecule has 0 unspecified atom stereocenters. The Morgan fingerprint density at radius 2 is 1.95 bits per heavy atom. The molecule has 0 saturated carbocycles. The zero-order chi connectivity index (χ0) is 14.1. The number of carboxylic acid groups (broad SMARTS) is 1. The molecule has 1 heterocycles. The monoisotopic (exact) mass is 270 g/mol. The van der Waals surface area contributed by atoms with Crippen LogP contribution in [0.25, 0.3) is 0 Å². The molecule has 1 aromatic carbocycles. The largest absolute Gasteiger partial charge is 0.477 e. The zero-order valence-corrected chi connectivity index (χ0v) is 11.6. The number of aryl methyl sites for hydroxylation is 2. The first-order chi connectivity index (χ1) is 9.65. The predicted octanol–water partition coefficient (Wildman–Crippen LogP) is 2.82. The van der Waals surface area contributed by atoms with Crippen molar-refractivity contribution in [2.24, 2.45) is 0 Å². The summed E-state index contributed by atoms with van der Waals surface area (Å²) in [4.78, 5) is 11.5. The lowest BCUT2D eigenvalue weighted by Gasteiger charge is -2.09. The molecular formula is C16H18N2O2. The van der Waals surface area contributed by atoms with Crippen LogP contribution in [0.1, 0.15) is 45.7 Å². The van der Waals surface area contributed by atoms with Gasteiger partial charge in [-0.05, 0) is 38.2 Å². The topological polar surface area (TPSA) is 55.1 Å². The zero-order valence-electron chi connectivity index (χ0n) is 11.6. The Bertz CT molecular complexity index is 641. The van der Waals surface area contributed by atoms with E-state index >= 15 is 0 Å². The molecular weight excluding hydrogens is 252 g/mol. The van der Waals surface area contributed by atoms with Crippen LogP contribution in [0, 0.1) is 6.92 Å². The van der Waals surface area contributed by atoms with E-state index in [2.05, 4.69) is 5.10 Å². The van der Waals surface area contributed by atoms with Gasteiger partial charge in [0.05, 0.1) is 12.2 Å². The van der Waals surface area contributed by atoms with Crippen LogP contribution in [-0.2, 0) is 19.4 Å². The predicted molar refractivity (Wildman–Crippen MR) is 76.1 cm³/mol. The first-order valence-electron chi connectivity index (χ1n) is 7.02. The molecule has 0 radical (unpaired) electrons. The molecule has 0 spiro atoms. The van der Waals surface area contributed by atoms with Crippen LogP contribution < -0.4 is 0 Å². The maximum atomic E-state index is 11.5. The maximum absolute atomic E-state index is 11.5. The fourth-order valence-corrected chi connectivity index (χ4v) is 2.83. The molecule has 1 aromatic heterocycles. The molecule has 104 valence electrons. The first-order valence-corrected chi connectivity index (χ1v) is 7.02. The second-order valence-electron chi connectivity index (χ2n) is 5.43. The van der Waals surface area contributed by atoms with E-state index in [1.165, 1.54) is 5.56 Å². The van der Waals surface area contributed by atoms with E-state index in [0.29, 0.717) is 12.2 Å². The summed E-state index contributed by atoms with van der Waals surface area (Å²) < 4.78 is 1.66. The number of carboxylic acids is 1. The summed E-state index contributed by atoms with van der Waals surface area (Å²) in [5, 5.41) is 14.0. The minimum absolute atomic E-state index is 0.375. The van der Waals surface area contributed by atoms with Crippen molar-refractivity contribution in [1.29, 1.82) is 0 Å². The summed E-state index contributed by atoms with van der Waals surface area (Å²) in [6.45, 7) is 2.56. The summed E-state index contributed by atoms with van der Waals surface area (Å²) in [5.74, 6) is -0.868. The van der Waals surface area contributed by atoms with E-state index in [0.717, 1.165) is 42.5 Å². The molecule has 4 nitrogen and oxygen atoms in total. The van der Waals surface area contributed by atoms with Crippen molar-refractivity contribution in [3.63, 3.8) is 0 Å². The van der Waals surface area contributed by atoms with Crippen LogP contribution in [-0.4, -0.2) is 20.9 Å². The third kappa shape index (κ3) is 2.33. The first kappa shape index (κ1) is 12.9. The smallest absolute Gasteiger partial charge is 0.354 e. The van der Waals surface area contributed by atoms with Crippen molar-refractivity contribution in [3.05, 3.63) is 52.3 Å². The Balaban J connectivity index is 1.98. The van der Waals surface area contributed by atoms with Gasteiger partial charge < -0.3 is 5.11 Å². The summed E-state index contributed by atoms with van der Waals surface area (Å²) in [6.07, 6.45) is 3.90. The fourth-order valence-electron chi connectivity index (χ4n) is 2.83. The van der Waals surface area contributed by atoms with Gasteiger partial charge in [-0.25, -0.2) is 4.79 Å². The van der Waals surface area contributed by atoms with Gasteiger partial charge in [-0.1, -0.05) is 29.8 Å². The molecule has 0 saturated heterocycles. The SMILES string of the molecule is Cc1ccc(Cn2nc3c(c2C(=O)O)CCCC3)cc1. The van der Waals surface area contributed by atoms with Gasteiger partial charge in [0.25, 0.3) is 0 Å². The number of aromatic nitrogens is 2. The van der Waals surface area contributed by atoms with Crippen LogP contribution in [0.15, 0.2) is 24.3 Å². The van der Waals surface area contributed by atoms with Gasteiger partial charge in [0, 0.05) is 5.56 Å². The van der Waals surface area contributed by atoms with Gasteiger partial charge in [0.2, 0.25) is 0 Å². The Morgan fingerprint density at radius 1 is 1.25 bits per heavy atom. The van der Waals surface area contributed by atoms with E-state index in [9.17, 15) is 9.90 Å². The van der Waals surface area contributed by atoms with Crippen molar-refractivity contribution < 1.29 is 9.90 Å². The van der Waals surface area contributed by atoms with Gasteiger partial charge in [-0.15, -0.1) is 0 Å². The lowest BCUT2D eigenvalue weighted by atomic mass is 9.96. The Hall–Kier alpha value is -2.10. The molecule has 1 aliphatic carbocycles. The van der Waals surface area contributed by atoms with E-state index in [4.69, 9.17) is 0 Å². The van der Waals surface area contributed by atoms with Crippen LogP contribution in [0.5, 0.6) is 0 Å². The van der Waals surface area contributed by atoms with E-state index in [-0.39, 0.29) is 0 Å². The van der Waals surface area contributed by atoms with Crippen molar-refractivity contribution >= 4 is 5.97 Å². The van der Waals surface area contributed by atoms with Crippen LogP contribution >= 0.6 is 0 Å². The highest BCUT2D eigenvalue weighted by molar-refractivity contribution is 5.88. The molecule has 1 N–H and O–H groups in total. The molecule has 0 bridgehead atoms. The van der Waals surface area contributed by atoms with Crippen LogP contribution in [0.2, 0.25) is 0 Å². The van der Waals surface area contributed by atoms with Gasteiger partial charge >= 0.3 is 5.97 Å². The fraction of sp³-hybridized carbons (Fsp3) is 0.375. The average Bonchev–Trinajstić information content (AvgIpc) is 2.79. The van der Waals surface area contributed by atoms with Crippen molar-refractivity contribution in [1.82, 2.24) is 9.78 Å². The average molecular weight is 270 g/mol. The third-order valence-corrected chi connectivity index (χ3v) is 3.88. The highest BCUT2D eigenvalue weighted by Gasteiger charge is 2.24. The molecule has 0 fully saturated rings. The van der Waals surface area contributed by atoms with E-state index < -0.39 is 5.97 Å². The van der Waals surface area contributed by atoms with Gasteiger partial charge in [-0.2, -0.15) is 5.10 Å². The number of aromatic carboxylic acids is 1. The lowest BCUT2D eigenvalue weighted by molar-refractivity contribution is 0.0682. The van der Waals surface area contributed by atoms with Crippen molar-refractivity contribution in [2.75, 3.05) is 0 Å². The van der Waals surface area contributed by atoms with E-state index in [1.807, 2.05) is 31.2 Å². The molecule has 0 amide bonds. The molecule has 2 aromatic rings. The van der Waals surface area contributed by atoms with Gasteiger partial charge in [0.1, 0.15) is 5.69 Å². The number of fused-ring (bicyclic) bond motifs is 1. The molecule has 0 aliphatic heterocycles. The van der Waals surface area contributed by atoms with Crippen LogP contribution in [0.4, 0.5) is 0 Å². The summed E-state index contributed by atoms with van der Waals surface area (Å²) in [5.41, 5.74) is 4.57. The second-order valence-corrected chi connectivity index (χ2v) is 5.43. The highest BCUT2D eigenvalue weighted by atomic mass is 16.4. The van der Waals surface area contributed by atoms with Gasteiger partial charge in [-0.3, -0.25) is 4.68 Å². The molecule has 1 aliphatic rings. The van der Waals surface area contributed by atoms with E-state index in [1.54, 1.807) is 4.68 Å². The van der Waals surface area contributed by atoms with Crippen molar-refractivity contribution in [3.8, 4) is 0 Å². The van der Waals surface area contributed by atoms with Gasteiger partial charge in [0.15, 0.2) is 0 Å². The maximum Gasteiger partial charge on any atom is 0.354 e. The number of nitrogens with zero attached hydrogens (tertiary/aromatic N) is 2. The third-order valence-electron chi connectivity index (χ3n) is 3.88. The molecule has 20 heavy (non-hydrogen) atoms. The standard InChI is InChI=1S/C16H18N2O2/c1-11-6-8-12(9-7-11)10-18-15(16(19)20)13-4-2-3-5-14(13)17-18/h6-9H,2-5,10H2,1H3,(H,19,20). The minimum atomic E-state index is -0.868. The highest BCUT2D eigenvalue weighted by Crippen LogP contribution is 2.24. The van der Waals surface area contributed by atoms with Crippen molar-refractivity contribution in [2.45, 2.75) is 39.2 Å². The van der Waals surface area contributed by atoms with Crippen LogP contribution in [0.3, 0.4) is 0 Å². The summed E-state index contributed by atoms with van der Waals surface area (Å²) >= 11 is 0. The Labute approximate surface area is 118 Å². The number of hydrogen-bond donors (Lipinski definition) is 1. The molecule has 0 atom stereocenters. The quantitative estimate of drug-likeness (QED) is 0.933. The number of carbonyl (C=O) groups is 1. The summed E-state index contributed by atoms with van der Waals surface area (Å²) in [7, 11) is 0. The normalized spacial score (nSPS) is 14.1. The number of rotatable bonds is 3. The Morgan fingerprint density at radius 3 is 2.65 bits per heavy atom. The molecule has 4 heteroatoms. The molecule has 3 rings (SSSR count). The minimum Gasteiger partial charge on any atom is -0.477 e. The lowest BCUT2D eigenvalue weighted by Crippen LogP contribution is -2.13. The second kappa shape index (κ2) is 5.12. The Kier molecular flexibility index (Phi) is 3.30.